The van der Waals surface area contributed by atoms with Gasteiger partial charge in [0.1, 0.15) is 5.82 Å². The van der Waals surface area contributed by atoms with E-state index in [1.54, 1.807) is 36.4 Å². The van der Waals surface area contributed by atoms with Gasteiger partial charge >= 0.3 is 6.09 Å². The molecule has 1 unspecified atom stereocenters. The molecule has 0 heterocycles. The Morgan fingerprint density at radius 3 is 2.04 bits per heavy atom. The van der Waals surface area contributed by atoms with Crippen LogP contribution in [0.3, 0.4) is 0 Å². The summed E-state index contributed by atoms with van der Waals surface area (Å²) in [4.78, 5) is 13.3. The number of halogens is 2. The highest BCUT2D eigenvalue weighted by Gasteiger charge is 2.35. The Bertz CT molecular complexity index is 678. The summed E-state index contributed by atoms with van der Waals surface area (Å²) >= 11 is 3.35. The van der Waals surface area contributed by atoms with E-state index in [-0.39, 0.29) is 11.2 Å². The number of nitrogens with zero attached hydrogens (tertiary/aromatic N) is 1. The number of amides is 1. The molecular weight excluding hydrogens is 361 g/mol. The van der Waals surface area contributed by atoms with Gasteiger partial charge in [-0.25, -0.2) is 9.18 Å². The van der Waals surface area contributed by atoms with Crippen LogP contribution < -0.4 is 4.90 Å². The smallest absolute Gasteiger partial charge is 0.412 e. The minimum Gasteiger partial charge on any atom is -0.465 e. The highest BCUT2D eigenvalue weighted by molar-refractivity contribution is 9.10. The normalized spacial score (nSPS) is 12.7. The third-order valence-corrected chi connectivity index (χ3v) is 4.10. The SMILES string of the molecule is CC(C)(C)C(c1ccc(F)cc1)N(C(=O)O)c1ccc(Br)cc1. The molecule has 0 spiro atoms. The van der Waals surface area contributed by atoms with Crippen molar-refractivity contribution in [3.05, 3.63) is 64.4 Å². The van der Waals surface area contributed by atoms with Gasteiger partial charge < -0.3 is 5.11 Å². The van der Waals surface area contributed by atoms with E-state index in [4.69, 9.17) is 0 Å². The molecule has 122 valence electrons. The molecule has 2 rings (SSSR count). The van der Waals surface area contributed by atoms with Crippen molar-refractivity contribution in [3.8, 4) is 0 Å². The van der Waals surface area contributed by atoms with Crippen LogP contribution in [0.25, 0.3) is 0 Å². The lowest BCUT2D eigenvalue weighted by atomic mass is 9.81. The van der Waals surface area contributed by atoms with Gasteiger partial charge in [-0.1, -0.05) is 48.8 Å². The number of benzene rings is 2. The van der Waals surface area contributed by atoms with Gasteiger partial charge in [-0.2, -0.15) is 0 Å². The van der Waals surface area contributed by atoms with E-state index in [1.165, 1.54) is 17.0 Å². The van der Waals surface area contributed by atoms with E-state index in [0.717, 1.165) is 10.0 Å². The van der Waals surface area contributed by atoms with Gasteiger partial charge in [0.25, 0.3) is 0 Å². The summed E-state index contributed by atoms with van der Waals surface area (Å²) in [5.41, 5.74) is 0.956. The molecule has 0 saturated heterocycles. The van der Waals surface area contributed by atoms with Crippen molar-refractivity contribution in [2.24, 2.45) is 5.41 Å². The van der Waals surface area contributed by atoms with Crippen LogP contribution in [0.5, 0.6) is 0 Å². The van der Waals surface area contributed by atoms with Crippen LogP contribution in [0.2, 0.25) is 0 Å². The minimum atomic E-state index is -1.04. The zero-order valence-corrected chi connectivity index (χ0v) is 14.8. The first-order chi connectivity index (χ1) is 10.7. The lowest BCUT2D eigenvalue weighted by Gasteiger charge is -2.39. The van der Waals surface area contributed by atoms with Gasteiger partial charge in [0.15, 0.2) is 0 Å². The molecule has 23 heavy (non-hydrogen) atoms. The summed E-state index contributed by atoms with van der Waals surface area (Å²) in [6.07, 6.45) is -1.04. The Morgan fingerprint density at radius 1 is 1.09 bits per heavy atom. The predicted octanol–water partition coefficient (Wildman–Crippen LogP) is 5.86. The number of anilines is 1. The average molecular weight is 380 g/mol. The van der Waals surface area contributed by atoms with E-state index in [9.17, 15) is 14.3 Å². The maximum atomic E-state index is 13.2. The molecule has 0 aliphatic carbocycles. The van der Waals surface area contributed by atoms with E-state index >= 15 is 0 Å². The van der Waals surface area contributed by atoms with Crippen LogP contribution in [0.15, 0.2) is 53.0 Å². The summed E-state index contributed by atoms with van der Waals surface area (Å²) in [5, 5.41) is 9.79. The van der Waals surface area contributed by atoms with Gasteiger partial charge in [0.2, 0.25) is 0 Å². The third-order valence-electron chi connectivity index (χ3n) is 3.58. The van der Waals surface area contributed by atoms with Crippen molar-refractivity contribution in [1.82, 2.24) is 0 Å². The molecule has 0 aliphatic rings. The number of hydrogen-bond donors (Lipinski definition) is 1. The molecule has 1 N–H and O–H groups in total. The summed E-state index contributed by atoms with van der Waals surface area (Å²) in [7, 11) is 0. The molecule has 0 fully saturated rings. The number of hydrogen-bond acceptors (Lipinski definition) is 1. The second-order valence-corrected chi connectivity index (χ2v) is 7.36. The first kappa shape index (κ1) is 17.5. The molecule has 0 aliphatic heterocycles. The van der Waals surface area contributed by atoms with Crippen molar-refractivity contribution in [2.45, 2.75) is 26.8 Å². The topological polar surface area (TPSA) is 40.5 Å². The summed E-state index contributed by atoms with van der Waals surface area (Å²) < 4.78 is 14.1. The fraction of sp³-hybridized carbons (Fsp3) is 0.278. The quantitative estimate of drug-likeness (QED) is 0.725. The van der Waals surface area contributed by atoms with E-state index in [2.05, 4.69) is 15.9 Å². The molecule has 2 aromatic rings. The van der Waals surface area contributed by atoms with Crippen LogP contribution in [-0.4, -0.2) is 11.2 Å². The van der Waals surface area contributed by atoms with Gasteiger partial charge in [-0.05, 0) is 47.4 Å². The zero-order chi connectivity index (χ0) is 17.2. The van der Waals surface area contributed by atoms with Crippen molar-refractivity contribution < 1.29 is 14.3 Å². The van der Waals surface area contributed by atoms with Crippen molar-refractivity contribution in [2.75, 3.05) is 4.90 Å². The minimum absolute atomic E-state index is 0.341. The van der Waals surface area contributed by atoms with Crippen LogP contribution in [-0.2, 0) is 0 Å². The lowest BCUT2D eigenvalue weighted by molar-refractivity contribution is 0.189. The van der Waals surface area contributed by atoms with Gasteiger partial charge in [0, 0.05) is 10.2 Å². The molecule has 1 amide bonds. The van der Waals surface area contributed by atoms with Crippen LogP contribution in [0, 0.1) is 11.2 Å². The summed E-state index contributed by atoms with van der Waals surface area (Å²) in [6.45, 7) is 5.90. The number of rotatable bonds is 3. The van der Waals surface area contributed by atoms with E-state index in [0.29, 0.717) is 5.69 Å². The summed E-state index contributed by atoms with van der Waals surface area (Å²) in [6, 6.07) is 12.7. The lowest BCUT2D eigenvalue weighted by Crippen LogP contribution is -2.40. The predicted molar refractivity (Wildman–Crippen MR) is 93.2 cm³/mol. The first-order valence-corrected chi connectivity index (χ1v) is 8.02. The fourth-order valence-corrected chi connectivity index (χ4v) is 2.92. The number of carboxylic acid groups (broad SMARTS) is 1. The molecule has 2 aromatic carbocycles. The Morgan fingerprint density at radius 2 is 1.61 bits per heavy atom. The molecular formula is C18H19BrFNO2. The van der Waals surface area contributed by atoms with Crippen LogP contribution >= 0.6 is 15.9 Å². The maximum absolute atomic E-state index is 13.2. The standard InChI is InChI=1S/C18H19BrFNO2/c1-18(2,3)16(12-4-8-14(20)9-5-12)21(17(22)23)15-10-6-13(19)7-11-15/h4-11,16H,1-3H3,(H,22,23). The highest BCUT2D eigenvalue weighted by Crippen LogP contribution is 2.40. The molecule has 0 saturated carbocycles. The second-order valence-electron chi connectivity index (χ2n) is 6.45. The van der Waals surface area contributed by atoms with Gasteiger partial charge in [-0.3, -0.25) is 4.90 Å². The first-order valence-electron chi connectivity index (χ1n) is 7.23. The van der Waals surface area contributed by atoms with Crippen molar-refractivity contribution in [3.63, 3.8) is 0 Å². The van der Waals surface area contributed by atoms with Gasteiger partial charge in [0.05, 0.1) is 6.04 Å². The molecule has 1 atom stereocenters. The molecule has 3 nitrogen and oxygen atoms in total. The van der Waals surface area contributed by atoms with E-state index < -0.39 is 12.1 Å². The van der Waals surface area contributed by atoms with Crippen LogP contribution in [0.1, 0.15) is 32.4 Å². The fourth-order valence-electron chi connectivity index (χ4n) is 2.65. The Labute approximate surface area is 143 Å². The van der Waals surface area contributed by atoms with Crippen LogP contribution in [0.4, 0.5) is 14.9 Å². The Kier molecular flexibility index (Phi) is 5.09. The highest BCUT2D eigenvalue weighted by atomic mass is 79.9. The molecule has 0 bridgehead atoms. The largest absolute Gasteiger partial charge is 0.465 e. The third kappa shape index (κ3) is 4.10. The molecule has 0 radical (unpaired) electrons. The van der Waals surface area contributed by atoms with E-state index in [1.807, 2.05) is 20.8 Å². The molecule has 5 heteroatoms. The second kappa shape index (κ2) is 6.71. The maximum Gasteiger partial charge on any atom is 0.412 e. The Hall–Kier alpha value is -1.88. The van der Waals surface area contributed by atoms with Gasteiger partial charge in [-0.15, -0.1) is 0 Å². The Balaban J connectivity index is 2.56. The number of carbonyl (C=O) groups is 1. The summed E-state index contributed by atoms with van der Waals surface area (Å²) in [5.74, 6) is -0.341. The molecule has 0 aromatic heterocycles. The van der Waals surface area contributed by atoms with Crippen molar-refractivity contribution >= 4 is 27.7 Å². The van der Waals surface area contributed by atoms with Crippen molar-refractivity contribution in [1.29, 1.82) is 0 Å². The monoisotopic (exact) mass is 379 g/mol. The zero-order valence-electron chi connectivity index (χ0n) is 13.3. The average Bonchev–Trinajstić information content (AvgIpc) is 2.45.